The van der Waals surface area contributed by atoms with Gasteiger partial charge in [-0.1, -0.05) is 18.2 Å². The Balaban J connectivity index is 2.39. The topological polar surface area (TPSA) is 38.9 Å². The van der Waals surface area contributed by atoms with Crippen molar-refractivity contribution >= 4 is 0 Å². The predicted molar refractivity (Wildman–Crippen MR) is 61.4 cm³/mol. The lowest BCUT2D eigenvalue weighted by Crippen LogP contribution is -2.13. The van der Waals surface area contributed by atoms with Crippen LogP contribution in [0.3, 0.4) is 0 Å². The highest BCUT2D eigenvalue weighted by atomic mass is 19.1. The van der Waals surface area contributed by atoms with Crippen LogP contribution in [0.4, 0.5) is 4.39 Å². The average molecular weight is 216 g/mol. The van der Waals surface area contributed by atoms with E-state index in [4.69, 9.17) is 5.73 Å². The van der Waals surface area contributed by atoms with E-state index >= 15 is 0 Å². The van der Waals surface area contributed by atoms with E-state index in [1.807, 2.05) is 25.1 Å². The van der Waals surface area contributed by atoms with E-state index in [1.165, 1.54) is 12.1 Å². The van der Waals surface area contributed by atoms with Gasteiger partial charge in [0.15, 0.2) is 0 Å². The molecule has 0 bridgehead atoms. The summed E-state index contributed by atoms with van der Waals surface area (Å²) in [6.07, 6.45) is 1.72. The fourth-order valence-electron chi connectivity index (χ4n) is 1.70. The molecule has 82 valence electrons. The zero-order valence-corrected chi connectivity index (χ0v) is 9.02. The second kappa shape index (κ2) is 4.41. The third kappa shape index (κ3) is 2.09. The lowest BCUT2D eigenvalue weighted by Gasteiger charge is -2.14. The largest absolute Gasteiger partial charge is 0.320 e. The SMILES string of the molecule is Cc1ncccc1C(N)c1cccc(F)c1. The molecule has 0 aliphatic rings. The first-order chi connectivity index (χ1) is 7.68. The number of nitrogens with zero attached hydrogens (tertiary/aromatic N) is 1. The number of aromatic nitrogens is 1. The van der Waals surface area contributed by atoms with Gasteiger partial charge < -0.3 is 5.73 Å². The minimum absolute atomic E-state index is 0.269. The zero-order chi connectivity index (χ0) is 11.5. The Hall–Kier alpha value is -1.74. The van der Waals surface area contributed by atoms with Crippen LogP contribution in [0.5, 0.6) is 0 Å². The van der Waals surface area contributed by atoms with Crippen molar-refractivity contribution in [2.45, 2.75) is 13.0 Å². The number of benzene rings is 1. The summed E-state index contributed by atoms with van der Waals surface area (Å²) in [5.74, 6) is -0.269. The second-order valence-electron chi connectivity index (χ2n) is 3.71. The molecule has 0 amide bonds. The highest BCUT2D eigenvalue weighted by Gasteiger charge is 2.11. The molecule has 2 aromatic rings. The van der Waals surface area contributed by atoms with Crippen molar-refractivity contribution in [1.29, 1.82) is 0 Å². The Labute approximate surface area is 93.9 Å². The second-order valence-corrected chi connectivity index (χ2v) is 3.71. The molecule has 0 aliphatic carbocycles. The molecule has 2 nitrogen and oxygen atoms in total. The first-order valence-electron chi connectivity index (χ1n) is 5.11. The van der Waals surface area contributed by atoms with Gasteiger partial charge in [0, 0.05) is 11.9 Å². The van der Waals surface area contributed by atoms with Crippen LogP contribution in [-0.4, -0.2) is 4.98 Å². The van der Waals surface area contributed by atoms with Gasteiger partial charge in [0.25, 0.3) is 0 Å². The summed E-state index contributed by atoms with van der Waals surface area (Å²) >= 11 is 0. The lowest BCUT2D eigenvalue weighted by molar-refractivity contribution is 0.623. The molecular formula is C13H13FN2. The number of hydrogen-bond acceptors (Lipinski definition) is 2. The molecule has 0 saturated heterocycles. The summed E-state index contributed by atoms with van der Waals surface area (Å²) in [7, 11) is 0. The van der Waals surface area contributed by atoms with Gasteiger partial charge in [0.1, 0.15) is 5.82 Å². The van der Waals surface area contributed by atoms with Crippen molar-refractivity contribution in [3.05, 3.63) is 65.2 Å². The highest BCUT2D eigenvalue weighted by Crippen LogP contribution is 2.21. The zero-order valence-electron chi connectivity index (χ0n) is 9.02. The molecule has 1 unspecified atom stereocenters. The Morgan fingerprint density at radius 1 is 1.25 bits per heavy atom. The molecule has 0 fully saturated rings. The van der Waals surface area contributed by atoms with Gasteiger partial charge in [-0.2, -0.15) is 0 Å². The number of halogens is 1. The van der Waals surface area contributed by atoms with Gasteiger partial charge in [-0.3, -0.25) is 4.98 Å². The molecule has 2 rings (SSSR count). The van der Waals surface area contributed by atoms with Crippen LogP contribution in [0.2, 0.25) is 0 Å². The molecule has 3 heteroatoms. The van der Waals surface area contributed by atoms with E-state index in [0.717, 1.165) is 16.8 Å². The van der Waals surface area contributed by atoms with Gasteiger partial charge >= 0.3 is 0 Å². The lowest BCUT2D eigenvalue weighted by atomic mass is 9.99. The number of hydrogen-bond donors (Lipinski definition) is 1. The first kappa shape index (κ1) is 10.8. The third-order valence-corrected chi connectivity index (χ3v) is 2.59. The molecule has 1 aromatic carbocycles. The Bertz CT molecular complexity index is 497. The summed E-state index contributed by atoms with van der Waals surface area (Å²) in [5, 5.41) is 0. The van der Waals surface area contributed by atoms with Crippen molar-refractivity contribution in [2.75, 3.05) is 0 Å². The molecular weight excluding hydrogens is 203 g/mol. The van der Waals surface area contributed by atoms with E-state index in [1.54, 1.807) is 12.3 Å². The Morgan fingerprint density at radius 3 is 2.75 bits per heavy atom. The van der Waals surface area contributed by atoms with E-state index < -0.39 is 0 Å². The number of rotatable bonds is 2. The standard InChI is InChI=1S/C13H13FN2/c1-9-12(6-3-7-16-9)13(15)10-4-2-5-11(14)8-10/h2-8,13H,15H2,1H3. The van der Waals surface area contributed by atoms with Crippen molar-refractivity contribution in [2.24, 2.45) is 5.73 Å². The molecule has 0 aliphatic heterocycles. The fourth-order valence-corrected chi connectivity index (χ4v) is 1.70. The van der Waals surface area contributed by atoms with Crippen molar-refractivity contribution in [1.82, 2.24) is 4.98 Å². The summed E-state index contributed by atoms with van der Waals surface area (Å²) < 4.78 is 13.1. The van der Waals surface area contributed by atoms with Gasteiger partial charge in [-0.05, 0) is 36.2 Å². The van der Waals surface area contributed by atoms with Crippen LogP contribution in [0.1, 0.15) is 22.9 Å². The predicted octanol–water partition coefficient (Wildman–Crippen LogP) is 2.58. The van der Waals surface area contributed by atoms with Gasteiger partial charge in [0.2, 0.25) is 0 Å². The van der Waals surface area contributed by atoms with Crippen LogP contribution in [-0.2, 0) is 0 Å². The van der Waals surface area contributed by atoms with Gasteiger partial charge in [-0.25, -0.2) is 4.39 Å². The molecule has 16 heavy (non-hydrogen) atoms. The molecule has 0 spiro atoms. The molecule has 2 N–H and O–H groups in total. The quantitative estimate of drug-likeness (QED) is 0.838. The van der Waals surface area contributed by atoms with Gasteiger partial charge in [0.05, 0.1) is 6.04 Å². The smallest absolute Gasteiger partial charge is 0.123 e. The van der Waals surface area contributed by atoms with E-state index in [-0.39, 0.29) is 11.9 Å². The van der Waals surface area contributed by atoms with E-state index in [0.29, 0.717) is 0 Å². The normalized spacial score (nSPS) is 12.4. The van der Waals surface area contributed by atoms with Crippen LogP contribution in [0.15, 0.2) is 42.6 Å². The fraction of sp³-hybridized carbons (Fsp3) is 0.154. The molecule has 1 heterocycles. The van der Waals surface area contributed by atoms with Gasteiger partial charge in [-0.15, -0.1) is 0 Å². The summed E-state index contributed by atoms with van der Waals surface area (Å²) in [6.45, 7) is 1.90. The van der Waals surface area contributed by atoms with Crippen LogP contribution in [0, 0.1) is 12.7 Å². The Kier molecular flexibility index (Phi) is 2.97. The maximum atomic E-state index is 13.1. The van der Waals surface area contributed by atoms with E-state index in [2.05, 4.69) is 4.98 Å². The van der Waals surface area contributed by atoms with Crippen molar-refractivity contribution in [3.8, 4) is 0 Å². The van der Waals surface area contributed by atoms with Crippen LogP contribution < -0.4 is 5.73 Å². The van der Waals surface area contributed by atoms with Crippen LogP contribution in [0.25, 0.3) is 0 Å². The molecule has 1 atom stereocenters. The summed E-state index contributed by atoms with van der Waals surface area (Å²) in [4.78, 5) is 4.17. The maximum Gasteiger partial charge on any atom is 0.123 e. The maximum absolute atomic E-state index is 13.1. The minimum Gasteiger partial charge on any atom is -0.320 e. The van der Waals surface area contributed by atoms with Crippen molar-refractivity contribution < 1.29 is 4.39 Å². The third-order valence-electron chi connectivity index (χ3n) is 2.59. The molecule has 0 saturated carbocycles. The summed E-state index contributed by atoms with van der Waals surface area (Å²) in [6, 6.07) is 9.77. The highest BCUT2D eigenvalue weighted by molar-refractivity contribution is 5.33. The monoisotopic (exact) mass is 216 g/mol. The van der Waals surface area contributed by atoms with Crippen LogP contribution >= 0.6 is 0 Å². The average Bonchev–Trinajstić information content (AvgIpc) is 2.29. The van der Waals surface area contributed by atoms with E-state index in [9.17, 15) is 4.39 Å². The number of nitrogens with two attached hydrogens (primary N) is 1. The number of pyridine rings is 1. The summed E-state index contributed by atoms with van der Waals surface area (Å²) in [5.41, 5.74) is 8.64. The first-order valence-corrected chi connectivity index (χ1v) is 5.11. The molecule has 0 radical (unpaired) electrons. The molecule has 1 aromatic heterocycles. The Morgan fingerprint density at radius 2 is 2.06 bits per heavy atom. The van der Waals surface area contributed by atoms with Crippen molar-refractivity contribution in [3.63, 3.8) is 0 Å². The number of aryl methyl sites for hydroxylation is 1. The minimum atomic E-state index is -0.329.